The Morgan fingerprint density at radius 2 is 1.95 bits per heavy atom. The number of nitrogens with zero attached hydrogens (tertiary/aromatic N) is 2. The van der Waals surface area contributed by atoms with Crippen LogP contribution in [0.1, 0.15) is 5.76 Å². The summed E-state index contributed by atoms with van der Waals surface area (Å²) in [5.74, 6) is 1.44. The highest BCUT2D eigenvalue weighted by Gasteiger charge is 2.03. The van der Waals surface area contributed by atoms with Gasteiger partial charge in [0.2, 0.25) is 0 Å². The van der Waals surface area contributed by atoms with Gasteiger partial charge in [-0.1, -0.05) is 11.6 Å². The Bertz CT molecular complexity index is 736. The highest BCUT2D eigenvalue weighted by molar-refractivity contribution is 6.30. The molecule has 0 saturated heterocycles. The average Bonchev–Trinajstić information content (AvgIpc) is 2.98. The molecule has 0 fully saturated rings. The summed E-state index contributed by atoms with van der Waals surface area (Å²) < 4.78 is 5.70. The number of nitrogens with one attached hydrogen (secondary N) is 1. The van der Waals surface area contributed by atoms with Crippen molar-refractivity contribution in [3.63, 3.8) is 0 Å². The van der Waals surface area contributed by atoms with Gasteiger partial charge in [0.15, 0.2) is 0 Å². The maximum Gasteiger partial charge on any atom is 0.147 e. The standard InChI is InChI=1S/C16H12ClN3O/c17-13-5-3-12(4-6-13)16-8-7-15(21-16)11-19-20-14-2-1-9-18-10-14/h1-11,20H/b19-11+. The number of pyridine rings is 1. The Morgan fingerprint density at radius 1 is 1.10 bits per heavy atom. The van der Waals surface area contributed by atoms with E-state index in [2.05, 4.69) is 15.5 Å². The van der Waals surface area contributed by atoms with Gasteiger partial charge < -0.3 is 4.42 Å². The summed E-state index contributed by atoms with van der Waals surface area (Å²) in [6.45, 7) is 0. The van der Waals surface area contributed by atoms with E-state index in [0.717, 1.165) is 17.0 Å². The van der Waals surface area contributed by atoms with Crippen molar-refractivity contribution in [1.82, 2.24) is 4.98 Å². The first kappa shape index (κ1) is 13.4. The van der Waals surface area contributed by atoms with Crippen LogP contribution in [-0.4, -0.2) is 11.2 Å². The van der Waals surface area contributed by atoms with Crippen molar-refractivity contribution >= 4 is 23.5 Å². The smallest absolute Gasteiger partial charge is 0.147 e. The molecule has 0 saturated carbocycles. The summed E-state index contributed by atoms with van der Waals surface area (Å²) in [4.78, 5) is 3.99. The monoisotopic (exact) mass is 297 g/mol. The third-order valence-electron chi connectivity index (χ3n) is 2.80. The molecule has 0 amide bonds. The van der Waals surface area contributed by atoms with Crippen LogP contribution in [0.25, 0.3) is 11.3 Å². The Balaban J connectivity index is 1.69. The topological polar surface area (TPSA) is 50.4 Å². The molecule has 21 heavy (non-hydrogen) atoms. The minimum Gasteiger partial charge on any atom is -0.455 e. The first-order valence-electron chi connectivity index (χ1n) is 6.36. The molecule has 2 heterocycles. The van der Waals surface area contributed by atoms with Crippen molar-refractivity contribution in [2.24, 2.45) is 5.10 Å². The van der Waals surface area contributed by atoms with E-state index in [-0.39, 0.29) is 0 Å². The van der Waals surface area contributed by atoms with Gasteiger partial charge in [0.1, 0.15) is 11.5 Å². The van der Waals surface area contributed by atoms with Crippen LogP contribution in [-0.2, 0) is 0 Å². The zero-order valence-corrected chi connectivity index (χ0v) is 11.8. The highest BCUT2D eigenvalue weighted by Crippen LogP contribution is 2.23. The molecule has 1 N–H and O–H groups in total. The molecule has 0 spiro atoms. The highest BCUT2D eigenvalue weighted by atomic mass is 35.5. The van der Waals surface area contributed by atoms with Crippen LogP contribution >= 0.6 is 11.6 Å². The molecule has 1 aromatic carbocycles. The van der Waals surface area contributed by atoms with Gasteiger partial charge in [-0.3, -0.25) is 10.4 Å². The van der Waals surface area contributed by atoms with Crippen LogP contribution in [0.5, 0.6) is 0 Å². The third kappa shape index (κ3) is 3.49. The molecular formula is C16H12ClN3O. The van der Waals surface area contributed by atoms with E-state index in [1.807, 2.05) is 48.5 Å². The van der Waals surface area contributed by atoms with Gasteiger partial charge in [-0.25, -0.2) is 0 Å². The van der Waals surface area contributed by atoms with Gasteiger partial charge in [-0.15, -0.1) is 0 Å². The molecule has 0 bridgehead atoms. The molecule has 2 aromatic heterocycles. The summed E-state index contributed by atoms with van der Waals surface area (Å²) in [6.07, 6.45) is 5.02. The normalized spacial score (nSPS) is 10.9. The SMILES string of the molecule is Clc1ccc(-c2ccc(/C=N/Nc3cccnc3)o2)cc1. The predicted octanol–water partition coefficient (Wildman–Crippen LogP) is 4.44. The van der Waals surface area contributed by atoms with Crippen molar-refractivity contribution in [3.8, 4) is 11.3 Å². The lowest BCUT2D eigenvalue weighted by molar-refractivity contribution is 0.575. The van der Waals surface area contributed by atoms with Gasteiger partial charge >= 0.3 is 0 Å². The van der Waals surface area contributed by atoms with Gasteiger partial charge in [0, 0.05) is 16.8 Å². The fraction of sp³-hybridized carbons (Fsp3) is 0. The number of hydrogen-bond donors (Lipinski definition) is 1. The maximum absolute atomic E-state index is 5.87. The maximum atomic E-state index is 5.87. The van der Waals surface area contributed by atoms with E-state index >= 15 is 0 Å². The Labute approximate surface area is 127 Å². The van der Waals surface area contributed by atoms with Crippen LogP contribution in [0.3, 0.4) is 0 Å². The second-order valence-electron chi connectivity index (χ2n) is 4.32. The summed E-state index contributed by atoms with van der Waals surface area (Å²) in [7, 11) is 0. The quantitative estimate of drug-likeness (QED) is 0.572. The molecule has 3 rings (SSSR count). The Morgan fingerprint density at radius 3 is 2.71 bits per heavy atom. The zero-order valence-electron chi connectivity index (χ0n) is 11.0. The van der Waals surface area contributed by atoms with Crippen LogP contribution in [0, 0.1) is 0 Å². The largest absolute Gasteiger partial charge is 0.455 e. The summed E-state index contributed by atoms with van der Waals surface area (Å²) >= 11 is 5.87. The van der Waals surface area contributed by atoms with Crippen LogP contribution in [0.2, 0.25) is 5.02 Å². The van der Waals surface area contributed by atoms with Crippen molar-refractivity contribution in [2.75, 3.05) is 5.43 Å². The number of furan rings is 1. The first-order chi connectivity index (χ1) is 10.3. The van der Waals surface area contributed by atoms with E-state index in [0.29, 0.717) is 10.8 Å². The Kier molecular flexibility index (Phi) is 3.98. The lowest BCUT2D eigenvalue weighted by Gasteiger charge is -1.97. The van der Waals surface area contributed by atoms with E-state index in [4.69, 9.17) is 16.0 Å². The van der Waals surface area contributed by atoms with E-state index < -0.39 is 0 Å². The lowest BCUT2D eigenvalue weighted by Crippen LogP contribution is -1.89. The number of aromatic nitrogens is 1. The van der Waals surface area contributed by atoms with Crippen molar-refractivity contribution in [3.05, 3.63) is 71.7 Å². The van der Waals surface area contributed by atoms with Crippen molar-refractivity contribution in [2.45, 2.75) is 0 Å². The molecule has 0 radical (unpaired) electrons. The van der Waals surface area contributed by atoms with Gasteiger partial charge in [0.05, 0.1) is 18.1 Å². The fourth-order valence-electron chi connectivity index (χ4n) is 1.79. The molecular weight excluding hydrogens is 286 g/mol. The number of anilines is 1. The molecule has 0 aliphatic rings. The van der Waals surface area contributed by atoms with Crippen molar-refractivity contribution < 1.29 is 4.42 Å². The predicted molar refractivity (Wildman–Crippen MR) is 84.6 cm³/mol. The third-order valence-corrected chi connectivity index (χ3v) is 3.05. The fourth-order valence-corrected chi connectivity index (χ4v) is 1.92. The van der Waals surface area contributed by atoms with Crippen LogP contribution in [0.4, 0.5) is 5.69 Å². The lowest BCUT2D eigenvalue weighted by atomic mass is 10.2. The van der Waals surface area contributed by atoms with E-state index in [1.54, 1.807) is 18.6 Å². The molecule has 3 aromatic rings. The number of hydrazone groups is 1. The van der Waals surface area contributed by atoms with Crippen LogP contribution < -0.4 is 5.43 Å². The Hall–Kier alpha value is -2.59. The van der Waals surface area contributed by atoms with Gasteiger partial charge in [-0.2, -0.15) is 5.10 Å². The number of halogens is 1. The van der Waals surface area contributed by atoms with Crippen molar-refractivity contribution in [1.29, 1.82) is 0 Å². The minimum atomic E-state index is 0.663. The number of hydrogen-bond acceptors (Lipinski definition) is 4. The molecule has 0 aliphatic heterocycles. The number of rotatable bonds is 4. The van der Waals surface area contributed by atoms with Crippen LogP contribution in [0.15, 0.2) is 70.4 Å². The first-order valence-corrected chi connectivity index (χ1v) is 6.74. The molecule has 104 valence electrons. The van der Waals surface area contributed by atoms with Gasteiger partial charge in [0.25, 0.3) is 0 Å². The molecule has 4 nitrogen and oxygen atoms in total. The molecule has 0 unspecified atom stereocenters. The van der Waals surface area contributed by atoms with Gasteiger partial charge in [-0.05, 0) is 48.5 Å². The summed E-state index contributed by atoms with van der Waals surface area (Å²) in [6, 6.07) is 15.0. The molecule has 0 atom stereocenters. The average molecular weight is 298 g/mol. The molecule has 5 heteroatoms. The zero-order chi connectivity index (χ0) is 14.5. The second-order valence-corrected chi connectivity index (χ2v) is 4.76. The summed E-state index contributed by atoms with van der Waals surface area (Å²) in [5.41, 5.74) is 4.67. The number of benzene rings is 1. The molecule has 0 aliphatic carbocycles. The van der Waals surface area contributed by atoms with E-state index in [9.17, 15) is 0 Å². The minimum absolute atomic E-state index is 0.663. The second kappa shape index (κ2) is 6.24. The summed E-state index contributed by atoms with van der Waals surface area (Å²) in [5, 5.41) is 4.80. The van der Waals surface area contributed by atoms with E-state index in [1.165, 1.54) is 0 Å².